The molecule has 0 aliphatic carbocycles. The van der Waals surface area contributed by atoms with Gasteiger partial charge in [-0.1, -0.05) is 30.3 Å². The van der Waals surface area contributed by atoms with Crippen molar-refractivity contribution in [1.29, 1.82) is 0 Å². The van der Waals surface area contributed by atoms with Crippen molar-refractivity contribution in [3.63, 3.8) is 0 Å². The number of hydrogen-bond acceptors (Lipinski definition) is 7. The van der Waals surface area contributed by atoms with Crippen LogP contribution in [-0.4, -0.2) is 51.6 Å². The fraction of sp³-hybridized carbons (Fsp3) is 0.211. The molecule has 2 heterocycles. The lowest BCUT2D eigenvalue weighted by atomic mass is 10.2. The third-order valence-electron chi connectivity index (χ3n) is 3.75. The molecule has 0 saturated carbocycles. The summed E-state index contributed by atoms with van der Waals surface area (Å²) in [5.74, 6) is 0.875. The van der Waals surface area contributed by atoms with Gasteiger partial charge in [0.05, 0.1) is 6.54 Å². The SMILES string of the molecule is O=C(CNC(=O)OCc1ccccc1)NCCNc1ccc(-n2cccn2)nn1. The van der Waals surface area contributed by atoms with Crippen molar-refractivity contribution in [2.24, 2.45) is 0 Å². The van der Waals surface area contributed by atoms with E-state index in [1.165, 1.54) is 0 Å². The van der Waals surface area contributed by atoms with Crippen LogP contribution in [0.3, 0.4) is 0 Å². The monoisotopic (exact) mass is 395 g/mol. The molecule has 3 aromatic rings. The van der Waals surface area contributed by atoms with Crippen LogP contribution in [0.2, 0.25) is 0 Å². The highest BCUT2D eigenvalue weighted by atomic mass is 16.5. The molecule has 150 valence electrons. The lowest BCUT2D eigenvalue weighted by Crippen LogP contribution is -2.38. The number of aromatic nitrogens is 4. The topological polar surface area (TPSA) is 123 Å². The number of carbonyl (C=O) groups is 2. The molecule has 10 nitrogen and oxygen atoms in total. The molecule has 0 radical (unpaired) electrons. The summed E-state index contributed by atoms with van der Waals surface area (Å²) < 4.78 is 6.64. The number of hydrogen-bond donors (Lipinski definition) is 3. The normalized spacial score (nSPS) is 10.2. The van der Waals surface area contributed by atoms with Crippen LogP contribution in [0.4, 0.5) is 10.6 Å². The van der Waals surface area contributed by atoms with Crippen LogP contribution >= 0.6 is 0 Å². The minimum absolute atomic E-state index is 0.151. The van der Waals surface area contributed by atoms with Gasteiger partial charge in [-0.15, -0.1) is 10.2 Å². The van der Waals surface area contributed by atoms with Crippen LogP contribution in [0.1, 0.15) is 5.56 Å². The van der Waals surface area contributed by atoms with E-state index in [0.717, 1.165) is 5.56 Å². The van der Waals surface area contributed by atoms with E-state index in [1.807, 2.05) is 30.3 Å². The number of ether oxygens (including phenoxy) is 1. The highest BCUT2D eigenvalue weighted by molar-refractivity contribution is 5.82. The highest BCUT2D eigenvalue weighted by Crippen LogP contribution is 2.04. The second kappa shape index (κ2) is 10.4. The van der Waals surface area contributed by atoms with Gasteiger partial charge in [-0.05, 0) is 23.8 Å². The van der Waals surface area contributed by atoms with Gasteiger partial charge in [0.25, 0.3) is 0 Å². The first-order chi connectivity index (χ1) is 14.2. The smallest absolute Gasteiger partial charge is 0.407 e. The molecule has 0 aliphatic rings. The Labute approximate surface area is 167 Å². The lowest BCUT2D eigenvalue weighted by Gasteiger charge is -2.09. The maximum absolute atomic E-state index is 11.8. The van der Waals surface area contributed by atoms with Crippen molar-refractivity contribution in [2.45, 2.75) is 6.61 Å². The zero-order valence-electron chi connectivity index (χ0n) is 15.6. The van der Waals surface area contributed by atoms with Gasteiger partial charge >= 0.3 is 6.09 Å². The molecule has 0 unspecified atom stereocenters. The molecule has 0 fully saturated rings. The standard InChI is InChI=1S/C19H21N7O3/c27-18(13-22-19(28)29-14-15-5-2-1-3-6-15)21-11-10-20-16-7-8-17(25-24-16)26-12-4-9-23-26/h1-9,12H,10-11,13-14H2,(H,20,24)(H,21,27)(H,22,28). The molecule has 29 heavy (non-hydrogen) atoms. The van der Waals surface area contributed by atoms with E-state index in [1.54, 1.807) is 35.3 Å². The van der Waals surface area contributed by atoms with E-state index >= 15 is 0 Å². The summed E-state index contributed by atoms with van der Waals surface area (Å²) in [6, 6.07) is 14.7. The zero-order valence-corrected chi connectivity index (χ0v) is 15.6. The van der Waals surface area contributed by atoms with Crippen LogP contribution in [0.15, 0.2) is 60.9 Å². The van der Waals surface area contributed by atoms with Crippen LogP contribution < -0.4 is 16.0 Å². The molecule has 0 atom stereocenters. The number of anilines is 1. The Kier molecular flexibility index (Phi) is 7.10. The predicted octanol–water partition coefficient (Wildman–Crippen LogP) is 1.12. The Morgan fingerprint density at radius 3 is 2.55 bits per heavy atom. The van der Waals surface area contributed by atoms with Crippen molar-refractivity contribution >= 4 is 17.8 Å². The van der Waals surface area contributed by atoms with Crippen molar-refractivity contribution in [3.8, 4) is 5.82 Å². The Morgan fingerprint density at radius 2 is 1.83 bits per heavy atom. The fourth-order valence-electron chi connectivity index (χ4n) is 2.33. The number of nitrogens with one attached hydrogen (secondary N) is 3. The molecule has 0 spiro atoms. The average Bonchev–Trinajstić information content (AvgIpc) is 3.30. The van der Waals surface area contributed by atoms with Gasteiger partial charge in [0, 0.05) is 25.5 Å². The summed E-state index contributed by atoms with van der Waals surface area (Å²) in [6.45, 7) is 0.812. The second-order valence-electron chi connectivity index (χ2n) is 5.92. The Balaban J connectivity index is 1.27. The first-order valence-electron chi connectivity index (χ1n) is 8.99. The average molecular weight is 395 g/mol. The molecular formula is C19H21N7O3. The third-order valence-corrected chi connectivity index (χ3v) is 3.75. The van der Waals surface area contributed by atoms with Gasteiger partial charge in [-0.3, -0.25) is 4.79 Å². The summed E-state index contributed by atoms with van der Waals surface area (Å²) in [6.07, 6.45) is 2.79. The van der Waals surface area contributed by atoms with Gasteiger partial charge in [0.2, 0.25) is 5.91 Å². The largest absolute Gasteiger partial charge is 0.445 e. The van der Waals surface area contributed by atoms with Crippen LogP contribution in [0.25, 0.3) is 5.82 Å². The summed E-state index contributed by atoms with van der Waals surface area (Å²) in [4.78, 5) is 23.4. The summed E-state index contributed by atoms with van der Waals surface area (Å²) >= 11 is 0. The maximum atomic E-state index is 11.8. The van der Waals surface area contributed by atoms with Crippen molar-refractivity contribution in [2.75, 3.05) is 25.0 Å². The quantitative estimate of drug-likeness (QED) is 0.464. The molecule has 3 N–H and O–H groups in total. The Bertz CT molecular complexity index is 899. The summed E-state index contributed by atoms with van der Waals surface area (Å²) in [7, 11) is 0. The molecule has 1 aromatic carbocycles. The minimum Gasteiger partial charge on any atom is -0.445 e. The molecule has 10 heteroatoms. The van der Waals surface area contributed by atoms with E-state index in [9.17, 15) is 9.59 Å². The number of alkyl carbamates (subject to hydrolysis) is 1. The van der Waals surface area contributed by atoms with Gasteiger partial charge in [0.15, 0.2) is 5.82 Å². The molecule has 0 bridgehead atoms. The first kappa shape index (κ1) is 19.8. The number of rotatable bonds is 9. The molecule has 2 aromatic heterocycles. The number of amides is 2. The van der Waals surface area contributed by atoms with E-state index in [4.69, 9.17) is 4.74 Å². The van der Waals surface area contributed by atoms with E-state index < -0.39 is 6.09 Å². The molecule has 0 aliphatic heterocycles. The highest BCUT2D eigenvalue weighted by Gasteiger charge is 2.06. The lowest BCUT2D eigenvalue weighted by molar-refractivity contribution is -0.120. The van der Waals surface area contributed by atoms with Gasteiger partial charge in [0.1, 0.15) is 12.4 Å². The number of nitrogens with zero attached hydrogens (tertiary/aromatic N) is 4. The maximum Gasteiger partial charge on any atom is 0.407 e. The second-order valence-corrected chi connectivity index (χ2v) is 5.92. The first-order valence-corrected chi connectivity index (χ1v) is 8.99. The van der Waals surface area contributed by atoms with Crippen LogP contribution in [0, 0.1) is 0 Å². The van der Waals surface area contributed by atoms with Crippen molar-refractivity contribution in [1.82, 2.24) is 30.6 Å². The van der Waals surface area contributed by atoms with Crippen LogP contribution in [0.5, 0.6) is 0 Å². The van der Waals surface area contributed by atoms with Crippen molar-refractivity contribution < 1.29 is 14.3 Å². The van der Waals surface area contributed by atoms with E-state index in [-0.39, 0.29) is 19.1 Å². The summed E-state index contributed by atoms with van der Waals surface area (Å²) in [5, 5.41) is 20.3. The van der Waals surface area contributed by atoms with Gasteiger partial charge < -0.3 is 20.7 Å². The van der Waals surface area contributed by atoms with Gasteiger partial charge in [-0.2, -0.15) is 5.10 Å². The minimum atomic E-state index is -0.644. The van der Waals surface area contributed by atoms with E-state index in [2.05, 4.69) is 31.2 Å². The van der Waals surface area contributed by atoms with Crippen LogP contribution in [-0.2, 0) is 16.1 Å². The third kappa shape index (κ3) is 6.61. The summed E-state index contributed by atoms with van der Waals surface area (Å²) in [5.41, 5.74) is 0.874. The molecule has 0 saturated heterocycles. The molecule has 2 amide bonds. The van der Waals surface area contributed by atoms with Gasteiger partial charge in [-0.25, -0.2) is 9.48 Å². The molecule has 3 rings (SSSR count). The Morgan fingerprint density at radius 1 is 0.966 bits per heavy atom. The fourth-order valence-corrected chi connectivity index (χ4v) is 2.33. The number of carbonyl (C=O) groups excluding carboxylic acids is 2. The van der Waals surface area contributed by atoms with E-state index in [0.29, 0.717) is 24.7 Å². The number of benzene rings is 1. The predicted molar refractivity (Wildman–Crippen MR) is 105 cm³/mol. The molecular weight excluding hydrogens is 374 g/mol. The zero-order chi connectivity index (χ0) is 20.3. The Hall–Kier alpha value is -3.95. The van der Waals surface area contributed by atoms with Crippen molar-refractivity contribution in [3.05, 3.63) is 66.5 Å².